The molecule has 3 rings (SSSR count). The fourth-order valence-corrected chi connectivity index (χ4v) is 4.31. The van der Waals surface area contributed by atoms with Crippen LogP contribution in [0.2, 0.25) is 0 Å². The molecule has 8 nitrogen and oxygen atoms in total. The third kappa shape index (κ3) is 6.22. The minimum atomic E-state index is -0.496. The molecule has 2 aliphatic heterocycles. The number of methoxy groups -OCH3 is 2. The van der Waals surface area contributed by atoms with Gasteiger partial charge < -0.3 is 24.6 Å². The minimum Gasteiger partial charge on any atom is -0.383 e. The third-order valence-electron chi connectivity index (χ3n) is 5.98. The number of carbonyl (C=O) groups excluding carboxylic acids is 2. The van der Waals surface area contributed by atoms with Gasteiger partial charge in [0.1, 0.15) is 18.5 Å². The summed E-state index contributed by atoms with van der Waals surface area (Å²) in [5, 5.41) is 3.25. The predicted octanol–water partition coefficient (Wildman–Crippen LogP) is 0.322. The topological polar surface area (TPSA) is 74.4 Å². The first-order valence-corrected chi connectivity index (χ1v) is 10.8. The van der Waals surface area contributed by atoms with Crippen LogP contribution in [-0.2, 0) is 25.6 Å². The summed E-state index contributed by atoms with van der Waals surface area (Å²) in [6, 6.07) is 5.93. The fraction of sp³-hybridized carbons (Fsp3) is 0.636. The molecule has 31 heavy (non-hydrogen) atoms. The Bertz CT molecular complexity index is 727. The van der Waals surface area contributed by atoms with Crippen LogP contribution >= 0.6 is 0 Å². The standard InChI is InChI=1S/C22H33FN4O4/c1-30-12-11-26(14-17-3-5-18(23)6-4-17)19-13-20(27(15-19)21(28)16-31-2)22(29)25-9-7-24-8-10-25/h3-6,19-20,24H,7-16H2,1-2H3. The van der Waals surface area contributed by atoms with E-state index in [1.54, 1.807) is 24.1 Å². The summed E-state index contributed by atoms with van der Waals surface area (Å²) in [5.41, 5.74) is 0.976. The maximum Gasteiger partial charge on any atom is 0.249 e. The number of hydrogen-bond acceptors (Lipinski definition) is 6. The van der Waals surface area contributed by atoms with Crippen molar-refractivity contribution in [2.45, 2.75) is 25.0 Å². The quantitative estimate of drug-likeness (QED) is 0.601. The van der Waals surface area contributed by atoms with Gasteiger partial charge >= 0.3 is 0 Å². The van der Waals surface area contributed by atoms with Gasteiger partial charge in [0, 0.05) is 66.1 Å². The van der Waals surface area contributed by atoms with E-state index in [0.717, 1.165) is 18.7 Å². The molecule has 2 saturated heterocycles. The van der Waals surface area contributed by atoms with Gasteiger partial charge in [0.2, 0.25) is 11.8 Å². The summed E-state index contributed by atoms with van der Waals surface area (Å²) < 4.78 is 23.7. The number of ether oxygens (including phenoxy) is 2. The smallest absolute Gasteiger partial charge is 0.249 e. The van der Waals surface area contributed by atoms with Crippen LogP contribution in [0.5, 0.6) is 0 Å². The zero-order chi connectivity index (χ0) is 22.2. The number of halogens is 1. The predicted molar refractivity (Wildman–Crippen MR) is 114 cm³/mol. The second-order valence-electron chi connectivity index (χ2n) is 8.05. The van der Waals surface area contributed by atoms with Crippen LogP contribution in [0.3, 0.4) is 0 Å². The molecule has 1 aromatic carbocycles. The largest absolute Gasteiger partial charge is 0.383 e. The van der Waals surface area contributed by atoms with Gasteiger partial charge in [-0.1, -0.05) is 12.1 Å². The van der Waals surface area contributed by atoms with Gasteiger partial charge in [-0.2, -0.15) is 0 Å². The van der Waals surface area contributed by atoms with Gasteiger partial charge in [-0.3, -0.25) is 14.5 Å². The number of nitrogens with zero attached hydrogens (tertiary/aromatic N) is 3. The van der Waals surface area contributed by atoms with Crippen molar-refractivity contribution in [3.63, 3.8) is 0 Å². The number of nitrogens with one attached hydrogen (secondary N) is 1. The van der Waals surface area contributed by atoms with Gasteiger partial charge in [-0.25, -0.2) is 4.39 Å². The van der Waals surface area contributed by atoms with Crippen molar-refractivity contribution in [3.8, 4) is 0 Å². The first-order valence-electron chi connectivity index (χ1n) is 10.8. The average Bonchev–Trinajstić information content (AvgIpc) is 3.23. The Morgan fingerprint density at radius 1 is 1.16 bits per heavy atom. The highest BCUT2D eigenvalue weighted by Gasteiger charge is 2.43. The monoisotopic (exact) mass is 436 g/mol. The third-order valence-corrected chi connectivity index (χ3v) is 5.98. The number of piperazine rings is 1. The average molecular weight is 437 g/mol. The SMILES string of the molecule is COCCN(Cc1ccc(F)cc1)C1CC(C(=O)N2CCNCC2)N(C(=O)COC)C1. The molecule has 0 saturated carbocycles. The van der Waals surface area contributed by atoms with Crippen molar-refractivity contribution in [2.24, 2.45) is 0 Å². The van der Waals surface area contributed by atoms with Crippen molar-refractivity contribution in [3.05, 3.63) is 35.6 Å². The van der Waals surface area contributed by atoms with Gasteiger partial charge in [0.15, 0.2) is 0 Å². The maximum absolute atomic E-state index is 13.3. The molecule has 2 unspecified atom stereocenters. The van der Waals surface area contributed by atoms with Crippen LogP contribution in [0, 0.1) is 5.82 Å². The highest BCUT2D eigenvalue weighted by atomic mass is 19.1. The maximum atomic E-state index is 13.3. The van der Waals surface area contributed by atoms with Crippen LogP contribution in [0.1, 0.15) is 12.0 Å². The molecule has 2 aliphatic rings. The van der Waals surface area contributed by atoms with Crippen molar-refractivity contribution >= 4 is 11.8 Å². The second-order valence-corrected chi connectivity index (χ2v) is 8.05. The van der Waals surface area contributed by atoms with E-state index in [2.05, 4.69) is 10.2 Å². The Morgan fingerprint density at radius 2 is 1.87 bits per heavy atom. The van der Waals surface area contributed by atoms with E-state index in [1.165, 1.54) is 19.2 Å². The van der Waals surface area contributed by atoms with Gasteiger partial charge in [-0.05, 0) is 24.1 Å². The van der Waals surface area contributed by atoms with Crippen molar-refractivity contribution in [1.29, 1.82) is 0 Å². The number of hydrogen-bond donors (Lipinski definition) is 1. The normalized spacial score (nSPS) is 21.7. The molecule has 2 heterocycles. The Balaban J connectivity index is 1.77. The molecule has 2 amide bonds. The van der Waals surface area contributed by atoms with Crippen LogP contribution < -0.4 is 5.32 Å². The van der Waals surface area contributed by atoms with E-state index in [0.29, 0.717) is 45.8 Å². The Labute approximate surface area is 183 Å². The van der Waals surface area contributed by atoms with Crippen LogP contribution in [0.25, 0.3) is 0 Å². The summed E-state index contributed by atoms with van der Waals surface area (Å²) in [4.78, 5) is 31.8. The Morgan fingerprint density at radius 3 is 2.52 bits per heavy atom. The Kier molecular flexibility index (Phi) is 8.77. The summed E-state index contributed by atoms with van der Waals surface area (Å²) in [6.45, 7) is 5.00. The molecule has 0 aliphatic carbocycles. The van der Waals surface area contributed by atoms with Crippen LogP contribution in [-0.4, -0.2) is 105 Å². The van der Waals surface area contributed by atoms with E-state index in [9.17, 15) is 14.0 Å². The van der Waals surface area contributed by atoms with Crippen LogP contribution in [0.4, 0.5) is 4.39 Å². The highest BCUT2D eigenvalue weighted by molar-refractivity contribution is 5.89. The molecule has 0 radical (unpaired) electrons. The van der Waals surface area contributed by atoms with E-state index in [-0.39, 0.29) is 30.3 Å². The molecule has 0 bridgehead atoms. The first kappa shape index (κ1) is 23.6. The van der Waals surface area contributed by atoms with Crippen molar-refractivity contribution in [1.82, 2.24) is 20.0 Å². The van der Waals surface area contributed by atoms with E-state index in [4.69, 9.17) is 9.47 Å². The van der Waals surface area contributed by atoms with Gasteiger partial charge in [-0.15, -0.1) is 0 Å². The molecule has 2 atom stereocenters. The second kappa shape index (κ2) is 11.5. The zero-order valence-corrected chi connectivity index (χ0v) is 18.4. The molecular formula is C22H33FN4O4. The molecule has 172 valence electrons. The number of amides is 2. The summed E-state index contributed by atoms with van der Waals surface area (Å²) in [5.74, 6) is -0.444. The highest BCUT2D eigenvalue weighted by Crippen LogP contribution is 2.26. The number of carbonyl (C=O) groups is 2. The lowest BCUT2D eigenvalue weighted by atomic mass is 10.1. The van der Waals surface area contributed by atoms with Crippen molar-refractivity contribution in [2.75, 3.05) is 66.7 Å². The number of rotatable bonds is 9. The number of benzene rings is 1. The lowest BCUT2D eigenvalue weighted by molar-refractivity contribution is -0.146. The lowest BCUT2D eigenvalue weighted by Gasteiger charge is -2.32. The molecule has 9 heteroatoms. The molecule has 2 fully saturated rings. The molecule has 0 aromatic heterocycles. The number of likely N-dealkylation sites (tertiary alicyclic amines) is 1. The fourth-order valence-electron chi connectivity index (χ4n) is 4.31. The lowest BCUT2D eigenvalue weighted by Crippen LogP contribution is -2.53. The van der Waals surface area contributed by atoms with E-state index < -0.39 is 6.04 Å². The van der Waals surface area contributed by atoms with Crippen LogP contribution in [0.15, 0.2) is 24.3 Å². The first-order chi connectivity index (χ1) is 15.0. The molecular weight excluding hydrogens is 403 g/mol. The zero-order valence-electron chi connectivity index (χ0n) is 18.4. The van der Waals surface area contributed by atoms with Gasteiger partial charge in [0.05, 0.1) is 6.61 Å². The molecule has 1 N–H and O–H groups in total. The molecule has 0 spiro atoms. The van der Waals surface area contributed by atoms with Gasteiger partial charge in [0.25, 0.3) is 0 Å². The molecule has 1 aromatic rings. The van der Waals surface area contributed by atoms with Crippen molar-refractivity contribution < 1.29 is 23.5 Å². The summed E-state index contributed by atoms with van der Waals surface area (Å²) >= 11 is 0. The van der Waals surface area contributed by atoms with E-state index in [1.807, 2.05) is 4.90 Å². The summed E-state index contributed by atoms with van der Waals surface area (Å²) in [6.07, 6.45) is 0.559. The minimum absolute atomic E-state index is 0.00178. The Hall–Kier alpha value is -2.07. The van der Waals surface area contributed by atoms with E-state index >= 15 is 0 Å². The summed E-state index contributed by atoms with van der Waals surface area (Å²) in [7, 11) is 3.13.